The molecule has 1 aromatic carbocycles. The quantitative estimate of drug-likeness (QED) is 0.847. The van der Waals surface area contributed by atoms with Crippen molar-refractivity contribution in [2.45, 2.75) is 12.8 Å². The number of carbonyl (C=O) groups is 2. The molecule has 1 aliphatic heterocycles. The van der Waals surface area contributed by atoms with Gasteiger partial charge in [0.25, 0.3) is 5.91 Å². The van der Waals surface area contributed by atoms with Crippen molar-refractivity contribution in [2.24, 2.45) is 12.5 Å². The van der Waals surface area contributed by atoms with Crippen molar-refractivity contribution in [3.05, 3.63) is 41.0 Å². The van der Waals surface area contributed by atoms with E-state index in [1.807, 2.05) is 18.2 Å². The van der Waals surface area contributed by atoms with Gasteiger partial charge in [0.15, 0.2) is 0 Å². The van der Waals surface area contributed by atoms with Gasteiger partial charge in [-0.05, 0) is 18.9 Å². The average Bonchev–Trinajstić information content (AvgIpc) is 3.03. The van der Waals surface area contributed by atoms with Crippen LogP contribution >= 0.6 is 11.6 Å². The highest BCUT2D eigenvalue weighted by Crippen LogP contribution is 2.34. The van der Waals surface area contributed by atoms with E-state index in [0.717, 1.165) is 0 Å². The Morgan fingerprint density at radius 2 is 2.11 bits per heavy atom. The zero-order valence-electron chi connectivity index (χ0n) is 15.3. The first kappa shape index (κ1) is 19.4. The number of carboxylic acid groups (broad SMARTS) is 1. The van der Waals surface area contributed by atoms with Gasteiger partial charge in [0.05, 0.1) is 17.2 Å². The first-order chi connectivity index (χ1) is 12.9. The summed E-state index contributed by atoms with van der Waals surface area (Å²) in [6, 6.07) is 7.20. The molecule has 0 saturated carbocycles. The number of carboxylic acids is 1. The molecule has 1 fully saturated rings. The standard InChI is InChI=1S/C19H22ClN3O4/c1-22-10-14(16(21-22)13-6-3-4-7-15(13)20)17(24)23-9-5-8-19(11-23,12-27-2)18(25)26/h3-4,6-7,10H,5,8-9,11-12H2,1-2H3,(H,25,26). The minimum Gasteiger partial charge on any atom is -0.481 e. The molecule has 8 heteroatoms. The molecular formula is C19H22ClN3O4. The lowest BCUT2D eigenvalue weighted by Gasteiger charge is -2.39. The minimum atomic E-state index is -1.09. The van der Waals surface area contributed by atoms with E-state index in [0.29, 0.717) is 41.2 Å². The number of aliphatic carboxylic acids is 1. The minimum absolute atomic E-state index is 0.0660. The molecule has 2 heterocycles. The number of carbonyl (C=O) groups excluding carboxylic acids is 1. The number of ether oxygens (including phenoxy) is 1. The van der Waals surface area contributed by atoms with E-state index in [-0.39, 0.29) is 19.1 Å². The number of amides is 1. The van der Waals surface area contributed by atoms with E-state index in [1.165, 1.54) is 7.11 Å². The molecule has 1 atom stereocenters. The van der Waals surface area contributed by atoms with E-state index >= 15 is 0 Å². The third kappa shape index (κ3) is 3.70. The lowest BCUT2D eigenvalue weighted by atomic mass is 9.80. The molecule has 1 aromatic heterocycles. The Kier molecular flexibility index (Phi) is 5.53. The van der Waals surface area contributed by atoms with Crippen molar-refractivity contribution in [1.82, 2.24) is 14.7 Å². The fraction of sp³-hybridized carbons (Fsp3) is 0.421. The molecular weight excluding hydrogens is 370 g/mol. The lowest BCUT2D eigenvalue weighted by molar-refractivity contribution is -0.155. The molecule has 27 heavy (non-hydrogen) atoms. The van der Waals surface area contributed by atoms with E-state index in [2.05, 4.69) is 5.10 Å². The van der Waals surface area contributed by atoms with Crippen molar-refractivity contribution in [3.63, 3.8) is 0 Å². The van der Waals surface area contributed by atoms with Crippen molar-refractivity contribution in [3.8, 4) is 11.3 Å². The highest BCUT2D eigenvalue weighted by molar-refractivity contribution is 6.33. The highest BCUT2D eigenvalue weighted by atomic mass is 35.5. The van der Waals surface area contributed by atoms with Crippen molar-refractivity contribution in [1.29, 1.82) is 0 Å². The number of aromatic nitrogens is 2. The topological polar surface area (TPSA) is 84.7 Å². The number of benzene rings is 1. The maximum atomic E-state index is 13.2. The van der Waals surface area contributed by atoms with Crippen LogP contribution in [0.5, 0.6) is 0 Å². The summed E-state index contributed by atoms with van der Waals surface area (Å²) in [6.45, 7) is 0.664. The Morgan fingerprint density at radius 1 is 1.37 bits per heavy atom. The Labute approximate surface area is 162 Å². The van der Waals surface area contributed by atoms with Crippen LogP contribution in [-0.4, -0.2) is 58.5 Å². The predicted octanol–water partition coefficient (Wildman–Crippen LogP) is 2.69. The van der Waals surface area contributed by atoms with Gasteiger partial charge in [-0.1, -0.05) is 29.8 Å². The Bertz CT molecular complexity index is 862. The highest BCUT2D eigenvalue weighted by Gasteiger charge is 2.44. The summed E-state index contributed by atoms with van der Waals surface area (Å²) in [6.07, 6.45) is 2.72. The molecule has 1 aliphatic rings. The monoisotopic (exact) mass is 391 g/mol. The predicted molar refractivity (Wildman–Crippen MR) is 101 cm³/mol. The number of methoxy groups -OCH3 is 1. The zero-order chi connectivity index (χ0) is 19.6. The van der Waals surface area contributed by atoms with E-state index < -0.39 is 11.4 Å². The Morgan fingerprint density at radius 3 is 2.78 bits per heavy atom. The molecule has 3 rings (SSSR count). The lowest BCUT2D eigenvalue weighted by Crippen LogP contribution is -2.52. The second-order valence-electron chi connectivity index (χ2n) is 6.89. The van der Waals surface area contributed by atoms with E-state index in [4.69, 9.17) is 16.3 Å². The third-order valence-corrected chi connectivity index (χ3v) is 5.26. The summed E-state index contributed by atoms with van der Waals surface area (Å²) in [5.74, 6) is -1.20. The average molecular weight is 392 g/mol. The summed E-state index contributed by atoms with van der Waals surface area (Å²) in [5, 5.41) is 14.6. The molecule has 7 nitrogen and oxygen atoms in total. The molecule has 0 aliphatic carbocycles. The maximum Gasteiger partial charge on any atom is 0.313 e. The van der Waals surface area contributed by atoms with Crippen molar-refractivity contribution >= 4 is 23.5 Å². The summed E-state index contributed by atoms with van der Waals surface area (Å²) in [4.78, 5) is 26.7. The fourth-order valence-corrected chi connectivity index (χ4v) is 3.83. The number of aryl methyl sites for hydroxylation is 1. The van der Waals surface area contributed by atoms with E-state index in [1.54, 1.807) is 28.9 Å². The summed E-state index contributed by atoms with van der Waals surface area (Å²) in [7, 11) is 3.21. The van der Waals surface area contributed by atoms with Gasteiger partial charge < -0.3 is 14.7 Å². The molecule has 144 valence electrons. The number of nitrogens with zero attached hydrogens (tertiary/aromatic N) is 3. The van der Waals surface area contributed by atoms with Crippen LogP contribution < -0.4 is 0 Å². The van der Waals surface area contributed by atoms with Crippen molar-refractivity contribution < 1.29 is 19.4 Å². The second-order valence-corrected chi connectivity index (χ2v) is 7.30. The van der Waals surface area contributed by atoms with Gasteiger partial charge in [0.1, 0.15) is 11.1 Å². The number of piperidine rings is 1. The number of likely N-dealkylation sites (tertiary alicyclic amines) is 1. The molecule has 0 spiro atoms. The van der Waals surface area contributed by atoms with Gasteiger partial charge in [0, 0.05) is 39.0 Å². The smallest absolute Gasteiger partial charge is 0.313 e. The molecule has 1 N–H and O–H groups in total. The van der Waals surface area contributed by atoms with Crippen molar-refractivity contribution in [2.75, 3.05) is 26.8 Å². The van der Waals surface area contributed by atoms with Gasteiger partial charge in [-0.2, -0.15) is 5.10 Å². The molecule has 2 aromatic rings. The van der Waals surface area contributed by atoms with Gasteiger partial charge in [-0.3, -0.25) is 14.3 Å². The van der Waals surface area contributed by atoms with Crippen LogP contribution in [-0.2, 0) is 16.6 Å². The second kappa shape index (κ2) is 7.70. The van der Waals surface area contributed by atoms with Gasteiger partial charge in [-0.25, -0.2) is 0 Å². The summed E-state index contributed by atoms with van der Waals surface area (Å²) < 4.78 is 6.70. The Balaban J connectivity index is 1.95. The molecule has 1 saturated heterocycles. The van der Waals surface area contributed by atoms with Crippen LogP contribution in [0.4, 0.5) is 0 Å². The first-order valence-electron chi connectivity index (χ1n) is 8.68. The third-order valence-electron chi connectivity index (χ3n) is 4.93. The SMILES string of the molecule is COCC1(C(=O)O)CCCN(C(=O)c2cn(C)nc2-c2ccccc2Cl)C1. The molecule has 1 amide bonds. The van der Waals surface area contributed by atoms with Crippen LogP contribution in [0.15, 0.2) is 30.5 Å². The van der Waals surface area contributed by atoms with Gasteiger partial charge in [0.2, 0.25) is 0 Å². The van der Waals surface area contributed by atoms with E-state index in [9.17, 15) is 14.7 Å². The van der Waals surface area contributed by atoms with Crippen LogP contribution in [0.2, 0.25) is 5.02 Å². The normalized spacial score (nSPS) is 19.9. The Hall–Kier alpha value is -2.38. The zero-order valence-corrected chi connectivity index (χ0v) is 16.1. The van der Waals surface area contributed by atoms with Crippen LogP contribution in [0.1, 0.15) is 23.2 Å². The number of hydrogen-bond acceptors (Lipinski definition) is 4. The summed E-state index contributed by atoms with van der Waals surface area (Å²) in [5.41, 5.74) is 0.479. The maximum absolute atomic E-state index is 13.2. The van der Waals surface area contributed by atoms with Crippen LogP contribution in [0.3, 0.4) is 0 Å². The van der Waals surface area contributed by atoms with Crippen LogP contribution in [0.25, 0.3) is 11.3 Å². The largest absolute Gasteiger partial charge is 0.481 e. The van der Waals surface area contributed by atoms with Gasteiger partial charge in [-0.15, -0.1) is 0 Å². The molecule has 0 bridgehead atoms. The number of hydrogen-bond donors (Lipinski definition) is 1. The molecule has 0 radical (unpaired) electrons. The number of rotatable bonds is 5. The first-order valence-corrected chi connectivity index (χ1v) is 9.06. The number of halogens is 1. The van der Waals surface area contributed by atoms with Crippen LogP contribution in [0, 0.1) is 5.41 Å². The fourth-order valence-electron chi connectivity index (χ4n) is 3.60. The summed E-state index contributed by atoms with van der Waals surface area (Å²) >= 11 is 6.29. The molecule has 1 unspecified atom stereocenters. The van der Waals surface area contributed by atoms with Gasteiger partial charge >= 0.3 is 5.97 Å².